The number of benzene rings is 1. The number of H-pyrrole nitrogens is 1. The number of hydrogen-bond donors (Lipinski definition) is 1. The minimum absolute atomic E-state index is 0.147. The molecule has 0 saturated heterocycles. The Morgan fingerprint density at radius 2 is 1.93 bits per heavy atom. The summed E-state index contributed by atoms with van der Waals surface area (Å²) >= 11 is 7.38. The average Bonchev–Trinajstić information content (AvgIpc) is 3.18. The Balaban J connectivity index is 2.02. The molecule has 0 spiro atoms. The molecule has 0 saturated carbocycles. The van der Waals surface area contributed by atoms with Gasteiger partial charge in [0.05, 0.1) is 21.3 Å². The lowest BCUT2D eigenvalue weighted by Crippen LogP contribution is -2.13. The molecule has 10 heteroatoms. The first-order valence-electron chi connectivity index (χ1n) is 8.08. The molecule has 144 valence electrons. The Hall–Kier alpha value is -2.77. The van der Waals surface area contributed by atoms with Crippen LogP contribution in [0.5, 0.6) is 0 Å². The lowest BCUT2D eigenvalue weighted by atomic mass is 10.3. The average molecular weight is 418 g/mol. The highest BCUT2D eigenvalue weighted by Crippen LogP contribution is 2.43. The van der Waals surface area contributed by atoms with Crippen molar-refractivity contribution in [1.29, 1.82) is 5.26 Å². The number of para-hydroxylation sites is 1. The van der Waals surface area contributed by atoms with Gasteiger partial charge >= 0.3 is 0 Å². The van der Waals surface area contributed by atoms with Crippen LogP contribution in [0.4, 0.5) is 10.7 Å². The summed E-state index contributed by atoms with van der Waals surface area (Å²) in [5.41, 5.74) is 1.18. The van der Waals surface area contributed by atoms with E-state index in [0.717, 1.165) is 11.3 Å². The quantitative estimate of drug-likeness (QED) is 0.460. The fourth-order valence-corrected chi connectivity index (χ4v) is 3.97. The third-order valence-electron chi connectivity index (χ3n) is 3.91. The summed E-state index contributed by atoms with van der Waals surface area (Å²) < 4.78 is 11.8. The van der Waals surface area contributed by atoms with Crippen LogP contribution in [0.1, 0.15) is 22.4 Å². The van der Waals surface area contributed by atoms with Crippen LogP contribution in [0.15, 0.2) is 45.4 Å². The van der Waals surface area contributed by atoms with Crippen LogP contribution in [0, 0.1) is 18.3 Å². The van der Waals surface area contributed by atoms with Crippen LogP contribution in [0.2, 0.25) is 5.02 Å². The standard InChI is InChI=1S/C18H16ClN5O3S/c1-10-14(17(25)24(23-10)11-7-5-4-6-8-11)21-22-16-12(9-20)13(19)15(28-16)18(26-2)27-3/h4-8,18,23H,1-3H3. The summed E-state index contributed by atoms with van der Waals surface area (Å²) in [6.45, 7) is 1.72. The number of aryl methyl sites for hydroxylation is 1. The molecule has 3 rings (SSSR count). The van der Waals surface area contributed by atoms with E-state index in [-0.39, 0.29) is 26.8 Å². The number of azo groups is 1. The predicted molar refractivity (Wildman–Crippen MR) is 106 cm³/mol. The molecule has 2 heterocycles. The summed E-state index contributed by atoms with van der Waals surface area (Å²) in [7, 11) is 2.93. The van der Waals surface area contributed by atoms with Crippen LogP contribution in [-0.2, 0) is 9.47 Å². The number of nitrogens with zero attached hydrogens (tertiary/aromatic N) is 4. The van der Waals surface area contributed by atoms with E-state index < -0.39 is 6.29 Å². The summed E-state index contributed by atoms with van der Waals surface area (Å²) in [5, 5.41) is 21.0. The topological polar surface area (TPSA) is 105 Å². The Labute approximate surface area is 169 Å². The molecule has 8 nitrogen and oxygen atoms in total. The zero-order chi connectivity index (χ0) is 20.3. The number of nitrogens with one attached hydrogen (secondary N) is 1. The van der Waals surface area contributed by atoms with Crippen molar-refractivity contribution in [3.8, 4) is 11.8 Å². The van der Waals surface area contributed by atoms with E-state index >= 15 is 0 Å². The van der Waals surface area contributed by atoms with Gasteiger partial charge in [-0.15, -0.1) is 21.6 Å². The SMILES string of the molecule is COC(OC)c1sc(N=Nc2c(C)[nH]n(-c3ccccc3)c2=O)c(C#N)c1Cl. The normalized spacial score (nSPS) is 11.4. The molecule has 3 aromatic rings. The second kappa shape index (κ2) is 8.50. The van der Waals surface area contributed by atoms with Gasteiger partial charge in [0, 0.05) is 14.2 Å². The Bertz CT molecular complexity index is 1110. The number of halogens is 1. The van der Waals surface area contributed by atoms with Gasteiger partial charge in [-0.2, -0.15) is 5.26 Å². The van der Waals surface area contributed by atoms with E-state index in [1.54, 1.807) is 19.1 Å². The number of nitriles is 1. The molecule has 0 unspecified atom stereocenters. The van der Waals surface area contributed by atoms with Crippen molar-refractivity contribution in [3.63, 3.8) is 0 Å². The highest BCUT2D eigenvalue weighted by Gasteiger charge is 2.23. The van der Waals surface area contributed by atoms with Gasteiger partial charge in [0.25, 0.3) is 5.56 Å². The van der Waals surface area contributed by atoms with Crippen LogP contribution in [0.25, 0.3) is 5.69 Å². The smallest absolute Gasteiger partial charge is 0.299 e. The molecular formula is C18H16ClN5O3S. The maximum absolute atomic E-state index is 12.7. The molecular weight excluding hydrogens is 402 g/mol. The summed E-state index contributed by atoms with van der Waals surface area (Å²) in [6.07, 6.45) is -0.724. The molecule has 0 aliphatic heterocycles. The van der Waals surface area contributed by atoms with Crippen molar-refractivity contribution in [1.82, 2.24) is 9.78 Å². The molecule has 0 aliphatic rings. The number of rotatable bonds is 6. The van der Waals surface area contributed by atoms with Gasteiger partial charge in [0.1, 0.15) is 11.6 Å². The lowest BCUT2D eigenvalue weighted by molar-refractivity contribution is -0.103. The lowest BCUT2D eigenvalue weighted by Gasteiger charge is -2.11. The van der Waals surface area contributed by atoms with E-state index in [0.29, 0.717) is 16.3 Å². The number of methoxy groups -OCH3 is 2. The molecule has 0 fully saturated rings. The number of hydrogen-bond acceptors (Lipinski definition) is 7. The van der Waals surface area contributed by atoms with E-state index in [4.69, 9.17) is 21.1 Å². The Kier molecular flexibility index (Phi) is 6.06. The molecule has 1 aromatic carbocycles. The van der Waals surface area contributed by atoms with Crippen molar-refractivity contribution < 1.29 is 9.47 Å². The minimum atomic E-state index is -0.724. The Morgan fingerprint density at radius 1 is 1.25 bits per heavy atom. The van der Waals surface area contributed by atoms with Gasteiger partial charge in [-0.25, -0.2) is 4.68 Å². The van der Waals surface area contributed by atoms with Crippen molar-refractivity contribution in [2.24, 2.45) is 10.2 Å². The van der Waals surface area contributed by atoms with Crippen LogP contribution in [0.3, 0.4) is 0 Å². The second-order valence-corrected chi connectivity index (χ2v) is 7.05. The van der Waals surface area contributed by atoms with Gasteiger partial charge in [0.2, 0.25) is 0 Å². The van der Waals surface area contributed by atoms with E-state index in [1.165, 1.54) is 18.9 Å². The largest absolute Gasteiger partial charge is 0.351 e. The van der Waals surface area contributed by atoms with Gasteiger partial charge in [-0.3, -0.25) is 9.89 Å². The first-order chi connectivity index (χ1) is 13.5. The summed E-state index contributed by atoms with van der Waals surface area (Å²) in [5.74, 6) is 0. The Morgan fingerprint density at radius 3 is 2.54 bits per heavy atom. The number of aromatic amines is 1. The fraction of sp³-hybridized carbons (Fsp3) is 0.222. The fourth-order valence-electron chi connectivity index (χ4n) is 2.56. The minimum Gasteiger partial charge on any atom is -0.351 e. The van der Waals surface area contributed by atoms with Crippen molar-refractivity contribution in [2.75, 3.05) is 14.2 Å². The zero-order valence-electron chi connectivity index (χ0n) is 15.3. The van der Waals surface area contributed by atoms with Crippen LogP contribution >= 0.6 is 22.9 Å². The molecule has 0 amide bonds. The van der Waals surface area contributed by atoms with Crippen molar-refractivity contribution in [2.45, 2.75) is 13.2 Å². The highest BCUT2D eigenvalue weighted by atomic mass is 35.5. The van der Waals surface area contributed by atoms with Gasteiger partial charge in [-0.05, 0) is 19.1 Å². The maximum atomic E-state index is 12.7. The number of ether oxygens (including phenoxy) is 2. The monoisotopic (exact) mass is 417 g/mol. The molecule has 0 atom stereocenters. The van der Waals surface area contributed by atoms with Crippen molar-refractivity contribution >= 4 is 33.6 Å². The molecule has 28 heavy (non-hydrogen) atoms. The van der Waals surface area contributed by atoms with Gasteiger partial charge in [-0.1, -0.05) is 29.8 Å². The van der Waals surface area contributed by atoms with Gasteiger partial charge in [0.15, 0.2) is 17.0 Å². The molecule has 1 N–H and O–H groups in total. The van der Waals surface area contributed by atoms with Crippen LogP contribution < -0.4 is 5.56 Å². The third kappa shape index (κ3) is 3.63. The first-order valence-corrected chi connectivity index (χ1v) is 9.27. The van der Waals surface area contributed by atoms with Crippen LogP contribution in [-0.4, -0.2) is 24.0 Å². The van der Waals surface area contributed by atoms with Crippen molar-refractivity contribution in [3.05, 3.63) is 61.8 Å². The number of aromatic nitrogens is 2. The molecule has 0 bridgehead atoms. The zero-order valence-corrected chi connectivity index (χ0v) is 16.8. The molecule has 0 radical (unpaired) electrons. The van der Waals surface area contributed by atoms with E-state index in [2.05, 4.69) is 15.3 Å². The predicted octanol–water partition coefficient (Wildman–Crippen LogP) is 4.77. The number of thiophene rings is 1. The second-order valence-electron chi connectivity index (χ2n) is 5.64. The maximum Gasteiger partial charge on any atom is 0.299 e. The van der Waals surface area contributed by atoms with Gasteiger partial charge < -0.3 is 9.47 Å². The third-order valence-corrected chi connectivity index (χ3v) is 5.51. The highest BCUT2D eigenvalue weighted by molar-refractivity contribution is 7.16. The first kappa shape index (κ1) is 20.0. The molecule has 2 aromatic heterocycles. The summed E-state index contributed by atoms with van der Waals surface area (Å²) in [4.78, 5) is 13.2. The van der Waals surface area contributed by atoms with E-state index in [9.17, 15) is 10.1 Å². The summed E-state index contributed by atoms with van der Waals surface area (Å²) in [6, 6.07) is 11.1. The van der Waals surface area contributed by atoms with E-state index in [1.807, 2.05) is 24.3 Å². The molecule has 0 aliphatic carbocycles.